The molecule has 1 amide bonds. The van der Waals surface area contributed by atoms with Gasteiger partial charge in [0.25, 0.3) is 5.91 Å². The van der Waals surface area contributed by atoms with Crippen molar-refractivity contribution in [2.45, 2.75) is 13.0 Å². The van der Waals surface area contributed by atoms with Gasteiger partial charge in [-0.05, 0) is 36.7 Å². The third kappa shape index (κ3) is 2.84. The molecule has 0 bridgehead atoms. The van der Waals surface area contributed by atoms with Gasteiger partial charge in [0.15, 0.2) is 4.99 Å². The van der Waals surface area contributed by atoms with Crippen LogP contribution in [-0.4, -0.2) is 29.4 Å². The molecule has 2 rings (SSSR count). The zero-order chi connectivity index (χ0) is 13.1. The van der Waals surface area contributed by atoms with Gasteiger partial charge in [-0.15, -0.1) is 0 Å². The van der Waals surface area contributed by atoms with Crippen molar-refractivity contribution in [2.24, 2.45) is 5.84 Å². The lowest BCUT2D eigenvalue weighted by Crippen LogP contribution is -2.38. The molecule has 5 nitrogen and oxygen atoms in total. The number of hydrogen-bond acceptors (Lipinski definition) is 4. The van der Waals surface area contributed by atoms with Crippen LogP contribution in [0.2, 0.25) is 0 Å². The highest BCUT2D eigenvalue weighted by Crippen LogP contribution is 2.21. The molecule has 1 aliphatic heterocycles. The number of carbonyl (C=O) groups excluding carboxylic acids is 1. The van der Waals surface area contributed by atoms with E-state index < -0.39 is 0 Å². The molecule has 1 aliphatic rings. The zero-order valence-electron chi connectivity index (χ0n) is 10.2. The van der Waals surface area contributed by atoms with E-state index in [1.54, 1.807) is 0 Å². The van der Waals surface area contributed by atoms with Crippen LogP contribution in [0.4, 0.5) is 5.69 Å². The number of benzene rings is 1. The first-order valence-electron chi connectivity index (χ1n) is 5.72. The first-order valence-corrected chi connectivity index (χ1v) is 6.13. The first-order chi connectivity index (χ1) is 8.60. The molecule has 0 radical (unpaired) electrons. The fourth-order valence-electron chi connectivity index (χ4n) is 2.03. The molecule has 1 aromatic carbocycles. The standard InChI is InChI=1S/C12H16N4OS/c1-16-5-4-8-6-10(3-2-9(8)7-16)14-11(17)12(18)15-13/h2-3,6H,4-5,7,13H2,1H3,(H,14,17)(H,15,18). The summed E-state index contributed by atoms with van der Waals surface area (Å²) in [7, 11) is 2.10. The van der Waals surface area contributed by atoms with Crippen molar-refractivity contribution in [1.82, 2.24) is 10.3 Å². The second-order valence-corrected chi connectivity index (χ2v) is 4.81. The Morgan fingerprint density at radius 2 is 2.22 bits per heavy atom. The molecule has 0 aliphatic carbocycles. The SMILES string of the molecule is CN1CCc2cc(NC(=O)C(=S)NN)ccc2C1. The van der Waals surface area contributed by atoms with Gasteiger partial charge < -0.3 is 15.6 Å². The van der Waals surface area contributed by atoms with E-state index in [1.165, 1.54) is 11.1 Å². The van der Waals surface area contributed by atoms with Gasteiger partial charge in [0.1, 0.15) is 0 Å². The third-order valence-corrected chi connectivity index (χ3v) is 3.31. The molecular formula is C12H16N4OS. The van der Waals surface area contributed by atoms with Gasteiger partial charge in [-0.3, -0.25) is 4.79 Å². The number of amides is 1. The Bertz CT molecular complexity index is 489. The van der Waals surface area contributed by atoms with Gasteiger partial charge in [0.2, 0.25) is 0 Å². The molecule has 18 heavy (non-hydrogen) atoms. The summed E-state index contributed by atoms with van der Waals surface area (Å²) in [5.41, 5.74) is 5.50. The number of nitrogens with one attached hydrogen (secondary N) is 2. The molecule has 96 valence electrons. The lowest BCUT2D eigenvalue weighted by molar-refractivity contribution is -0.110. The van der Waals surface area contributed by atoms with E-state index in [1.807, 2.05) is 18.2 Å². The second-order valence-electron chi connectivity index (χ2n) is 4.40. The number of hydrogen-bond donors (Lipinski definition) is 3. The number of anilines is 1. The molecule has 0 unspecified atom stereocenters. The molecule has 0 spiro atoms. The molecule has 6 heteroatoms. The number of nitrogens with two attached hydrogens (primary N) is 1. The van der Waals surface area contributed by atoms with Crippen LogP contribution >= 0.6 is 12.2 Å². The highest BCUT2D eigenvalue weighted by Gasteiger charge is 2.14. The number of carbonyl (C=O) groups is 1. The third-order valence-electron chi connectivity index (χ3n) is 3.00. The Hall–Kier alpha value is -1.50. The minimum absolute atomic E-state index is 0.0209. The van der Waals surface area contributed by atoms with Crippen molar-refractivity contribution in [2.75, 3.05) is 18.9 Å². The second kappa shape index (κ2) is 5.43. The van der Waals surface area contributed by atoms with Crippen LogP contribution in [0.1, 0.15) is 11.1 Å². The molecule has 0 saturated heterocycles. The quantitative estimate of drug-likeness (QED) is 0.389. The van der Waals surface area contributed by atoms with E-state index in [-0.39, 0.29) is 10.9 Å². The zero-order valence-corrected chi connectivity index (χ0v) is 11.0. The van der Waals surface area contributed by atoms with E-state index in [2.05, 4.69) is 22.7 Å². The summed E-state index contributed by atoms with van der Waals surface area (Å²) in [6, 6.07) is 5.92. The predicted octanol–water partition coefficient (Wildman–Crippen LogP) is 0.404. The summed E-state index contributed by atoms with van der Waals surface area (Å²) in [6.07, 6.45) is 0.995. The Balaban J connectivity index is 2.12. The van der Waals surface area contributed by atoms with E-state index in [9.17, 15) is 4.79 Å². The minimum Gasteiger partial charge on any atom is -0.320 e. The van der Waals surface area contributed by atoms with E-state index in [4.69, 9.17) is 18.1 Å². The Morgan fingerprint density at radius 3 is 2.94 bits per heavy atom. The largest absolute Gasteiger partial charge is 0.320 e. The minimum atomic E-state index is -0.389. The topological polar surface area (TPSA) is 70.4 Å². The van der Waals surface area contributed by atoms with E-state index >= 15 is 0 Å². The van der Waals surface area contributed by atoms with Gasteiger partial charge >= 0.3 is 0 Å². The molecule has 4 N–H and O–H groups in total. The van der Waals surface area contributed by atoms with Gasteiger partial charge in [0, 0.05) is 18.8 Å². The van der Waals surface area contributed by atoms with Crippen LogP contribution in [0.25, 0.3) is 0 Å². The van der Waals surface area contributed by atoms with Crippen molar-refractivity contribution < 1.29 is 4.79 Å². The molecular weight excluding hydrogens is 248 g/mol. The normalized spacial score (nSPS) is 14.8. The maximum absolute atomic E-state index is 11.6. The maximum Gasteiger partial charge on any atom is 0.284 e. The van der Waals surface area contributed by atoms with E-state index in [0.717, 1.165) is 25.2 Å². The number of likely N-dealkylation sites (N-methyl/N-ethyl adjacent to an activating group) is 1. The van der Waals surface area contributed by atoms with Crippen LogP contribution in [0.15, 0.2) is 18.2 Å². The van der Waals surface area contributed by atoms with Crippen molar-refractivity contribution in [3.63, 3.8) is 0 Å². The molecule has 0 aromatic heterocycles. The van der Waals surface area contributed by atoms with Crippen molar-refractivity contribution in [1.29, 1.82) is 0 Å². The van der Waals surface area contributed by atoms with Crippen LogP contribution in [0.5, 0.6) is 0 Å². The summed E-state index contributed by atoms with van der Waals surface area (Å²) in [5.74, 6) is 4.71. The van der Waals surface area contributed by atoms with Gasteiger partial charge in [-0.1, -0.05) is 18.3 Å². The van der Waals surface area contributed by atoms with Crippen molar-refractivity contribution >= 4 is 28.8 Å². The Kier molecular flexibility index (Phi) is 3.90. The smallest absolute Gasteiger partial charge is 0.284 e. The highest BCUT2D eigenvalue weighted by atomic mass is 32.1. The predicted molar refractivity (Wildman–Crippen MR) is 75.0 cm³/mol. The summed E-state index contributed by atoms with van der Waals surface area (Å²) in [6.45, 7) is 1.99. The van der Waals surface area contributed by atoms with Crippen LogP contribution in [-0.2, 0) is 17.8 Å². The molecule has 1 aromatic rings. The molecule has 0 fully saturated rings. The summed E-state index contributed by atoms with van der Waals surface area (Å²) >= 11 is 4.76. The number of hydrazine groups is 1. The van der Waals surface area contributed by atoms with Gasteiger partial charge in [-0.25, -0.2) is 5.84 Å². The fraction of sp³-hybridized carbons (Fsp3) is 0.333. The Morgan fingerprint density at radius 1 is 1.44 bits per heavy atom. The van der Waals surface area contributed by atoms with Crippen LogP contribution in [0, 0.1) is 0 Å². The monoisotopic (exact) mass is 264 g/mol. The van der Waals surface area contributed by atoms with Crippen molar-refractivity contribution in [3.8, 4) is 0 Å². The number of thiocarbonyl (C=S) groups is 1. The fourth-order valence-corrected chi connectivity index (χ4v) is 2.08. The summed E-state index contributed by atoms with van der Waals surface area (Å²) in [5, 5.41) is 2.72. The maximum atomic E-state index is 11.6. The summed E-state index contributed by atoms with van der Waals surface area (Å²) < 4.78 is 0. The van der Waals surface area contributed by atoms with Crippen LogP contribution in [0.3, 0.4) is 0 Å². The highest BCUT2D eigenvalue weighted by molar-refractivity contribution is 7.82. The van der Waals surface area contributed by atoms with Gasteiger partial charge in [-0.2, -0.15) is 0 Å². The Labute approximate surface area is 111 Å². The number of rotatable bonds is 1. The lowest BCUT2D eigenvalue weighted by Gasteiger charge is -2.25. The number of nitrogens with zero attached hydrogens (tertiary/aromatic N) is 1. The number of fused-ring (bicyclic) bond motifs is 1. The first kappa shape index (κ1) is 12.9. The lowest BCUT2D eigenvalue weighted by atomic mass is 9.99. The molecule has 0 saturated carbocycles. The van der Waals surface area contributed by atoms with E-state index in [0.29, 0.717) is 0 Å². The summed E-state index contributed by atoms with van der Waals surface area (Å²) in [4.78, 5) is 13.8. The average molecular weight is 264 g/mol. The molecule has 1 heterocycles. The molecule has 0 atom stereocenters. The average Bonchev–Trinajstić information content (AvgIpc) is 2.38. The van der Waals surface area contributed by atoms with Crippen LogP contribution < -0.4 is 16.6 Å². The van der Waals surface area contributed by atoms with Crippen molar-refractivity contribution in [3.05, 3.63) is 29.3 Å². The van der Waals surface area contributed by atoms with Gasteiger partial charge in [0.05, 0.1) is 0 Å².